The van der Waals surface area contributed by atoms with Crippen LogP contribution in [0.2, 0.25) is 0 Å². The van der Waals surface area contributed by atoms with Crippen molar-refractivity contribution >= 4 is 22.1 Å². The van der Waals surface area contributed by atoms with Crippen molar-refractivity contribution in [2.75, 3.05) is 0 Å². The van der Waals surface area contributed by atoms with E-state index in [4.69, 9.17) is 0 Å². The van der Waals surface area contributed by atoms with Gasteiger partial charge in [-0.05, 0) is 26.0 Å². The zero-order valence-corrected chi connectivity index (χ0v) is 12.9. The van der Waals surface area contributed by atoms with E-state index in [1.165, 1.54) is 12.1 Å². The minimum atomic E-state index is -3.91. The van der Waals surface area contributed by atoms with Crippen LogP contribution in [-0.4, -0.2) is 20.4 Å². The van der Waals surface area contributed by atoms with Crippen molar-refractivity contribution in [3.63, 3.8) is 0 Å². The molecule has 1 rings (SSSR count). The third-order valence-corrected chi connectivity index (χ3v) is 3.75. The number of nitrogens with zero attached hydrogens (tertiary/aromatic N) is 1. The van der Waals surface area contributed by atoms with Crippen LogP contribution in [-0.2, 0) is 19.2 Å². The van der Waals surface area contributed by atoms with Crippen molar-refractivity contribution in [1.82, 2.24) is 0 Å². The van der Waals surface area contributed by atoms with Crippen LogP contribution in [0.4, 0.5) is 0 Å². The Hall–Kier alpha value is -1.69. The molecule has 0 radical (unpaired) electrons. The molecule has 20 heavy (non-hydrogen) atoms. The Labute approximate surface area is 119 Å². The van der Waals surface area contributed by atoms with E-state index in [1.807, 2.05) is 6.92 Å². The van der Waals surface area contributed by atoms with Gasteiger partial charge < -0.3 is 4.79 Å². The Morgan fingerprint density at radius 2 is 1.85 bits per heavy atom. The van der Waals surface area contributed by atoms with Crippen LogP contribution in [0.1, 0.15) is 32.8 Å². The van der Waals surface area contributed by atoms with Crippen molar-refractivity contribution in [3.8, 4) is 0 Å². The van der Waals surface area contributed by atoms with Crippen molar-refractivity contribution < 1.29 is 17.5 Å². The fourth-order valence-corrected chi connectivity index (χ4v) is 2.37. The number of carbonyl (C=O) groups excluding carboxylic acids is 1. The summed E-state index contributed by atoms with van der Waals surface area (Å²) in [7, 11) is -3.91. The van der Waals surface area contributed by atoms with Gasteiger partial charge in [-0.25, -0.2) is 0 Å². The number of carbonyl (C=O) groups is 1. The molecular weight excluding hydrogens is 278 g/mol. The number of hydrogen-bond donors (Lipinski definition) is 0. The van der Waals surface area contributed by atoms with Crippen LogP contribution in [0, 0.1) is 12.3 Å². The van der Waals surface area contributed by atoms with E-state index < -0.39 is 15.5 Å². The molecular formula is C14H19NO4S. The van der Waals surface area contributed by atoms with Gasteiger partial charge in [-0.3, -0.25) is 4.28 Å². The monoisotopic (exact) mass is 297 g/mol. The van der Waals surface area contributed by atoms with Crippen LogP contribution in [0.15, 0.2) is 34.3 Å². The lowest BCUT2D eigenvalue weighted by molar-refractivity contribution is -0.114. The van der Waals surface area contributed by atoms with E-state index in [0.717, 1.165) is 11.8 Å². The van der Waals surface area contributed by atoms with Gasteiger partial charge in [0.25, 0.3) is 0 Å². The summed E-state index contributed by atoms with van der Waals surface area (Å²) in [4.78, 5) is 10.9. The number of aldehydes is 1. The summed E-state index contributed by atoms with van der Waals surface area (Å²) in [5.74, 6) is 0. The topological polar surface area (TPSA) is 72.8 Å². The molecule has 0 aromatic heterocycles. The number of rotatable bonds is 6. The van der Waals surface area contributed by atoms with Gasteiger partial charge in [-0.2, -0.15) is 8.42 Å². The molecule has 6 heteroatoms. The maximum atomic E-state index is 11.9. The summed E-state index contributed by atoms with van der Waals surface area (Å²) in [5, 5.41) is 3.60. The van der Waals surface area contributed by atoms with Gasteiger partial charge in [0, 0.05) is 11.8 Å². The van der Waals surface area contributed by atoms with Crippen LogP contribution in [0.3, 0.4) is 0 Å². The fourth-order valence-electron chi connectivity index (χ4n) is 1.59. The third kappa shape index (κ3) is 4.77. The van der Waals surface area contributed by atoms with Gasteiger partial charge >= 0.3 is 10.1 Å². The third-order valence-electron chi connectivity index (χ3n) is 2.63. The van der Waals surface area contributed by atoms with Gasteiger partial charge in [0.05, 0.1) is 5.71 Å². The maximum absolute atomic E-state index is 11.9. The highest BCUT2D eigenvalue weighted by Crippen LogP contribution is 2.18. The molecule has 0 fully saturated rings. The highest BCUT2D eigenvalue weighted by molar-refractivity contribution is 7.86. The van der Waals surface area contributed by atoms with E-state index in [0.29, 0.717) is 12.1 Å². The maximum Gasteiger partial charge on any atom is 0.358 e. The average molecular weight is 297 g/mol. The molecule has 0 unspecified atom stereocenters. The Morgan fingerprint density at radius 3 is 2.35 bits per heavy atom. The molecule has 0 heterocycles. The smallest absolute Gasteiger partial charge is 0.303 e. The zero-order chi connectivity index (χ0) is 15.4. The van der Waals surface area contributed by atoms with Crippen LogP contribution in [0.5, 0.6) is 0 Å². The molecule has 0 N–H and O–H groups in total. The number of hydrogen-bond acceptors (Lipinski definition) is 5. The second-order valence-electron chi connectivity index (χ2n) is 5.45. The number of benzene rings is 1. The van der Waals surface area contributed by atoms with Crippen molar-refractivity contribution in [2.24, 2.45) is 10.6 Å². The second-order valence-corrected chi connectivity index (χ2v) is 6.98. The normalized spacial score (nSPS) is 13.1. The SMILES string of the molecule is C/C(CC(C)(C)C=O)=N\OS(=O)(=O)c1ccc(C)cc1. The first-order valence-electron chi connectivity index (χ1n) is 6.16. The first-order valence-corrected chi connectivity index (χ1v) is 7.57. The molecule has 0 bridgehead atoms. The van der Waals surface area contributed by atoms with Crippen LogP contribution in [0.25, 0.3) is 0 Å². The van der Waals surface area contributed by atoms with E-state index in [9.17, 15) is 13.2 Å². The number of oxime groups is 1. The van der Waals surface area contributed by atoms with Crippen molar-refractivity contribution in [3.05, 3.63) is 29.8 Å². The molecule has 0 spiro atoms. The predicted molar refractivity (Wildman–Crippen MR) is 77.0 cm³/mol. The molecule has 1 aromatic rings. The fraction of sp³-hybridized carbons (Fsp3) is 0.429. The minimum Gasteiger partial charge on any atom is -0.303 e. The van der Waals surface area contributed by atoms with Gasteiger partial charge in [-0.1, -0.05) is 36.7 Å². The molecule has 0 amide bonds. The standard InChI is InChI=1S/C14H19NO4S/c1-11-5-7-13(8-6-11)20(17,18)19-15-12(2)9-14(3,4)10-16/h5-8,10H,9H2,1-4H3/b15-12+. The molecule has 0 aliphatic rings. The molecule has 0 aliphatic carbocycles. The summed E-state index contributed by atoms with van der Waals surface area (Å²) in [6, 6.07) is 6.29. The number of aryl methyl sites for hydroxylation is 1. The average Bonchev–Trinajstić information content (AvgIpc) is 2.37. The lowest BCUT2D eigenvalue weighted by Crippen LogP contribution is -2.17. The Bertz CT molecular complexity index is 601. The highest BCUT2D eigenvalue weighted by atomic mass is 32.2. The van der Waals surface area contributed by atoms with Gasteiger partial charge in [0.1, 0.15) is 11.2 Å². The Kier molecular flexibility index (Phi) is 5.05. The molecule has 1 aromatic carbocycles. The Morgan fingerprint density at radius 1 is 1.30 bits per heavy atom. The van der Waals surface area contributed by atoms with Crippen LogP contribution >= 0.6 is 0 Å². The van der Waals surface area contributed by atoms with E-state index in [2.05, 4.69) is 9.44 Å². The summed E-state index contributed by atoms with van der Waals surface area (Å²) in [6.45, 7) is 6.97. The lowest BCUT2D eigenvalue weighted by atomic mass is 9.89. The second kappa shape index (κ2) is 6.17. The van der Waals surface area contributed by atoms with E-state index in [-0.39, 0.29) is 4.90 Å². The molecule has 0 aliphatic heterocycles. The molecule has 110 valence electrons. The first-order chi connectivity index (χ1) is 9.16. The quantitative estimate of drug-likeness (QED) is 0.460. The first kappa shape index (κ1) is 16.4. The van der Waals surface area contributed by atoms with E-state index in [1.54, 1.807) is 32.9 Å². The summed E-state index contributed by atoms with van der Waals surface area (Å²) >= 11 is 0. The summed E-state index contributed by atoms with van der Waals surface area (Å²) in [5.41, 5.74) is 0.805. The minimum absolute atomic E-state index is 0.0503. The summed E-state index contributed by atoms with van der Waals surface area (Å²) < 4.78 is 28.4. The molecule has 5 nitrogen and oxygen atoms in total. The van der Waals surface area contributed by atoms with Crippen LogP contribution < -0.4 is 0 Å². The predicted octanol–water partition coefficient (Wildman–Crippen LogP) is 2.69. The van der Waals surface area contributed by atoms with Crippen molar-refractivity contribution in [1.29, 1.82) is 0 Å². The zero-order valence-electron chi connectivity index (χ0n) is 12.1. The van der Waals surface area contributed by atoms with Gasteiger partial charge in [-0.15, -0.1) is 0 Å². The lowest BCUT2D eigenvalue weighted by Gasteiger charge is -2.15. The largest absolute Gasteiger partial charge is 0.358 e. The molecule has 0 saturated heterocycles. The van der Waals surface area contributed by atoms with E-state index >= 15 is 0 Å². The van der Waals surface area contributed by atoms with Gasteiger partial charge in [0.2, 0.25) is 0 Å². The van der Waals surface area contributed by atoms with Gasteiger partial charge in [0.15, 0.2) is 0 Å². The highest BCUT2D eigenvalue weighted by Gasteiger charge is 2.19. The molecule has 0 saturated carbocycles. The van der Waals surface area contributed by atoms with Crippen molar-refractivity contribution in [2.45, 2.75) is 39.0 Å². The molecule has 0 atom stereocenters. The Balaban J connectivity index is 2.82. The summed E-state index contributed by atoms with van der Waals surface area (Å²) in [6.07, 6.45) is 1.14.